The van der Waals surface area contributed by atoms with Gasteiger partial charge in [-0.1, -0.05) is 24.3 Å². The van der Waals surface area contributed by atoms with Gasteiger partial charge in [0.25, 0.3) is 11.6 Å². The van der Waals surface area contributed by atoms with Gasteiger partial charge in [0, 0.05) is 44.2 Å². The van der Waals surface area contributed by atoms with Crippen molar-refractivity contribution >= 4 is 23.2 Å². The predicted octanol–water partition coefficient (Wildman–Crippen LogP) is 2.56. The van der Waals surface area contributed by atoms with Gasteiger partial charge < -0.3 is 15.5 Å². The number of anilines is 1. The lowest BCUT2D eigenvalue weighted by atomic mass is 10.1. The molecule has 0 unspecified atom stereocenters. The number of benzene rings is 2. The lowest BCUT2D eigenvalue weighted by molar-refractivity contribution is -0.384. The van der Waals surface area contributed by atoms with Gasteiger partial charge in [-0.3, -0.25) is 19.7 Å². The molecule has 3 rings (SSSR count). The minimum absolute atomic E-state index is 0.000833. The van der Waals surface area contributed by atoms with Crippen LogP contribution in [0.3, 0.4) is 0 Å². The van der Waals surface area contributed by atoms with Crippen molar-refractivity contribution in [1.29, 1.82) is 0 Å². The lowest BCUT2D eigenvalue weighted by Crippen LogP contribution is -2.29. The van der Waals surface area contributed by atoms with Gasteiger partial charge in [0.2, 0.25) is 5.91 Å². The van der Waals surface area contributed by atoms with Gasteiger partial charge in [0.15, 0.2) is 0 Å². The van der Waals surface area contributed by atoms with Crippen molar-refractivity contribution in [2.75, 3.05) is 25.0 Å². The van der Waals surface area contributed by atoms with E-state index in [1.165, 1.54) is 6.07 Å². The van der Waals surface area contributed by atoms with E-state index in [1.807, 2.05) is 17.0 Å². The Morgan fingerprint density at radius 2 is 1.86 bits per heavy atom. The highest BCUT2D eigenvalue weighted by Crippen LogP contribution is 2.22. The first kappa shape index (κ1) is 19.3. The van der Waals surface area contributed by atoms with E-state index in [-0.39, 0.29) is 17.5 Å². The zero-order chi connectivity index (χ0) is 19.9. The molecule has 8 nitrogen and oxygen atoms in total. The Morgan fingerprint density at radius 1 is 1.11 bits per heavy atom. The van der Waals surface area contributed by atoms with Crippen LogP contribution in [0.25, 0.3) is 0 Å². The molecule has 0 saturated carbocycles. The Morgan fingerprint density at radius 3 is 2.54 bits per heavy atom. The molecule has 28 heavy (non-hydrogen) atoms. The highest BCUT2D eigenvalue weighted by Gasteiger charge is 2.20. The molecule has 2 N–H and O–H groups in total. The molecule has 0 aromatic heterocycles. The average Bonchev–Trinajstić information content (AvgIpc) is 3.10. The number of hydrogen-bond donors (Lipinski definition) is 2. The quantitative estimate of drug-likeness (QED) is 0.415. The lowest BCUT2D eigenvalue weighted by Gasteiger charge is -2.15. The summed E-state index contributed by atoms with van der Waals surface area (Å²) in [4.78, 5) is 36.3. The monoisotopic (exact) mass is 382 g/mol. The molecule has 2 aromatic carbocycles. The molecule has 1 heterocycles. The van der Waals surface area contributed by atoms with Crippen molar-refractivity contribution < 1.29 is 14.5 Å². The van der Waals surface area contributed by atoms with E-state index in [4.69, 9.17) is 0 Å². The Labute approximate surface area is 162 Å². The summed E-state index contributed by atoms with van der Waals surface area (Å²) < 4.78 is 0. The third-order valence-electron chi connectivity index (χ3n) is 4.59. The van der Waals surface area contributed by atoms with E-state index in [0.717, 1.165) is 18.5 Å². The van der Waals surface area contributed by atoms with Crippen molar-refractivity contribution in [3.05, 3.63) is 69.8 Å². The smallest absolute Gasteiger partial charge is 0.292 e. The third kappa shape index (κ3) is 4.85. The van der Waals surface area contributed by atoms with Crippen molar-refractivity contribution in [2.24, 2.45) is 0 Å². The number of nitro groups is 1. The molecule has 146 valence electrons. The average molecular weight is 382 g/mol. The molecule has 8 heteroatoms. The van der Waals surface area contributed by atoms with E-state index >= 15 is 0 Å². The summed E-state index contributed by atoms with van der Waals surface area (Å²) in [6.45, 7) is 2.05. The fourth-order valence-corrected chi connectivity index (χ4v) is 3.11. The summed E-state index contributed by atoms with van der Waals surface area (Å²) in [7, 11) is 0. The minimum atomic E-state index is -0.446. The van der Waals surface area contributed by atoms with Crippen molar-refractivity contribution in [3.63, 3.8) is 0 Å². The maximum atomic E-state index is 12.2. The molecule has 0 atom stereocenters. The normalized spacial score (nSPS) is 13.4. The van der Waals surface area contributed by atoms with Crippen LogP contribution >= 0.6 is 0 Å². The first-order valence-electron chi connectivity index (χ1n) is 9.17. The molecule has 0 bridgehead atoms. The fourth-order valence-electron chi connectivity index (χ4n) is 3.11. The number of amides is 2. The number of nitrogens with zero attached hydrogens (tertiary/aromatic N) is 2. The first-order valence-corrected chi connectivity index (χ1v) is 9.17. The van der Waals surface area contributed by atoms with Gasteiger partial charge in [-0.25, -0.2) is 0 Å². The highest BCUT2D eigenvalue weighted by molar-refractivity contribution is 5.94. The molecule has 0 spiro atoms. The topological polar surface area (TPSA) is 105 Å². The summed E-state index contributed by atoms with van der Waals surface area (Å²) in [6.07, 6.45) is 1.51. The Hall–Kier alpha value is -3.42. The van der Waals surface area contributed by atoms with Crippen LogP contribution in [-0.4, -0.2) is 41.3 Å². The predicted molar refractivity (Wildman–Crippen MR) is 105 cm³/mol. The minimum Gasteiger partial charge on any atom is -0.378 e. The molecule has 1 saturated heterocycles. The number of hydrogen-bond acceptors (Lipinski definition) is 5. The van der Waals surface area contributed by atoms with Crippen LogP contribution in [-0.2, 0) is 11.3 Å². The SMILES string of the molecule is O=C(NCCNc1ccccc1[N+](=O)[O-])c1ccc(CN2CCCC2=O)cc1. The maximum Gasteiger partial charge on any atom is 0.292 e. The van der Waals surface area contributed by atoms with Gasteiger partial charge >= 0.3 is 0 Å². The summed E-state index contributed by atoms with van der Waals surface area (Å²) in [5, 5.41) is 16.7. The molecule has 0 aliphatic carbocycles. The molecular formula is C20H22N4O4. The summed E-state index contributed by atoms with van der Waals surface area (Å²) >= 11 is 0. The van der Waals surface area contributed by atoms with Crippen LogP contribution in [0.15, 0.2) is 48.5 Å². The van der Waals surface area contributed by atoms with Crippen molar-refractivity contribution in [1.82, 2.24) is 10.2 Å². The van der Waals surface area contributed by atoms with Gasteiger partial charge in [-0.2, -0.15) is 0 Å². The van der Waals surface area contributed by atoms with Gasteiger partial charge in [-0.05, 0) is 30.2 Å². The van der Waals surface area contributed by atoms with Crippen LogP contribution in [0.2, 0.25) is 0 Å². The number of para-hydroxylation sites is 2. The Bertz CT molecular complexity index is 867. The van der Waals surface area contributed by atoms with E-state index in [0.29, 0.717) is 37.3 Å². The molecule has 0 radical (unpaired) electrons. The third-order valence-corrected chi connectivity index (χ3v) is 4.59. The second-order valence-corrected chi connectivity index (χ2v) is 6.57. The summed E-state index contributed by atoms with van der Waals surface area (Å²) in [6, 6.07) is 13.6. The Balaban J connectivity index is 1.46. The van der Waals surface area contributed by atoms with Gasteiger partial charge in [-0.15, -0.1) is 0 Å². The number of carbonyl (C=O) groups excluding carboxylic acids is 2. The van der Waals surface area contributed by atoms with Crippen LogP contribution in [0.1, 0.15) is 28.8 Å². The number of nitrogens with one attached hydrogen (secondary N) is 2. The van der Waals surface area contributed by atoms with Gasteiger partial charge in [0.1, 0.15) is 5.69 Å². The standard InChI is InChI=1S/C20H22N4O4/c25-19-6-3-13-23(19)14-15-7-9-16(10-8-15)20(26)22-12-11-21-17-4-1-2-5-18(17)24(27)28/h1-2,4-5,7-10,21H,3,6,11-14H2,(H,22,26). The largest absolute Gasteiger partial charge is 0.378 e. The van der Waals surface area contributed by atoms with Crippen LogP contribution in [0.4, 0.5) is 11.4 Å². The zero-order valence-corrected chi connectivity index (χ0v) is 15.4. The molecule has 2 amide bonds. The molecular weight excluding hydrogens is 360 g/mol. The number of likely N-dealkylation sites (tertiary alicyclic amines) is 1. The van der Waals surface area contributed by atoms with Crippen LogP contribution in [0.5, 0.6) is 0 Å². The second-order valence-electron chi connectivity index (χ2n) is 6.57. The van der Waals surface area contributed by atoms with Crippen LogP contribution < -0.4 is 10.6 Å². The van der Waals surface area contributed by atoms with Gasteiger partial charge in [0.05, 0.1) is 4.92 Å². The molecule has 2 aromatic rings. The fraction of sp³-hybridized carbons (Fsp3) is 0.300. The highest BCUT2D eigenvalue weighted by atomic mass is 16.6. The number of nitro benzene ring substituents is 1. The van der Waals surface area contributed by atoms with Crippen molar-refractivity contribution in [2.45, 2.75) is 19.4 Å². The maximum absolute atomic E-state index is 12.2. The second kappa shape index (κ2) is 8.98. The summed E-state index contributed by atoms with van der Waals surface area (Å²) in [5.74, 6) is -0.0406. The Kier molecular flexibility index (Phi) is 6.21. The molecule has 1 fully saturated rings. The number of carbonyl (C=O) groups is 2. The number of rotatable bonds is 8. The summed E-state index contributed by atoms with van der Waals surface area (Å²) in [5.41, 5.74) is 1.94. The zero-order valence-electron chi connectivity index (χ0n) is 15.4. The first-order chi connectivity index (χ1) is 13.5. The van der Waals surface area contributed by atoms with Crippen LogP contribution in [0, 0.1) is 10.1 Å². The van der Waals surface area contributed by atoms with Crippen molar-refractivity contribution in [3.8, 4) is 0 Å². The van der Waals surface area contributed by atoms with E-state index in [2.05, 4.69) is 10.6 Å². The van der Waals surface area contributed by atoms with E-state index in [9.17, 15) is 19.7 Å². The van der Waals surface area contributed by atoms with E-state index < -0.39 is 4.92 Å². The molecule has 1 aliphatic rings. The van der Waals surface area contributed by atoms with E-state index in [1.54, 1.807) is 30.3 Å². The molecule has 1 aliphatic heterocycles.